The Morgan fingerprint density at radius 1 is 1.23 bits per heavy atom. The van der Waals surface area contributed by atoms with Crippen LogP contribution in [0.25, 0.3) is 11.3 Å². The lowest BCUT2D eigenvalue weighted by Gasteiger charge is -2.22. The van der Waals surface area contributed by atoms with Crippen LogP contribution < -0.4 is 5.32 Å². The number of carbonyl (C=O) groups is 2. The Labute approximate surface area is 181 Å². The molecule has 1 N–H and O–H groups in total. The number of amides is 1. The molecule has 1 fully saturated rings. The molecule has 0 aromatic heterocycles. The predicted octanol–water partition coefficient (Wildman–Crippen LogP) is 3.61. The topological polar surface area (TPSA) is 67.9 Å². The van der Waals surface area contributed by atoms with Gasteiger partial charge in [-0.25, -0.2) is 0 Å². The van der Waals surface area contributed by atoms with Crippen molar-refractivity contribution in [2.45, 2.75) is 38.8 Å². The fourth-order valence-corrected chi connectivity index (χ4v) is 4.79. The summed E-state index contributed by atoms with van der Waals surface area (Å²) < 4.78 is 11.2. The number of hydrogen-bond donors (Lipinski definition) is 1. The smallest absolute Gasteiger partial charge is 0.323 e. The van der Waals surface area contributed by atoms with E-state index in [1.165, 1.54) is 5.56 Å². The second kappa shape index (κ2) is 8.19. The van der Waals surface area contributed by atoms with Gasteiger partial charge in [-0.2, -0.15) is 0 Å². The molecule has 1 amide bonds. The Bertz CT molecular complexity index is 1070. The molecule has 2 aromatic rings. The fourth-order valence-electron chi connectivity index (χ4n) is 4.79. The first-order valence-corrected chi connectivity index (χ1v) is 11.0. The number of nitrogens with zero attached hydrogens (tertiary/aromatic N) is 1. The van der Waals surface area contributed by atoms with Gasteiger partial charge in [-0.05, 0) is 44.4 Å². The van der Waals surface area contributed by atoms with Gasteiger partial charge in [0, 0.05) is 28.9 Å². The number of nitrogens with one attached hydrogen (secondary N) is 1. The van der Waals surface area contributed by atoms with Crippen LogP contribution in [0.1, 0.15) is 42.0 Å². The minimum atomic E-state index is -0.118. The molecule has 3 aliphatic heterocycles. The molecule has 0 bridgehead atoms. The highest BCUT2D eigenvalue weighted by molar-refractivity contribution is 6.36. The summed E-state index contributed by atoms with van der Waals surface area (Å²) >= 11 is 0. The van der Waals surface area contributed by atoms with Crippen LogP contribution in [0.3, 0.4) is 0 Å². The molecule has 31 heavy (non-hydrogen) atoms. The molecule has 3 heterocycles. The number of carbonyl (C=O) groups excluding carboxylic acids is 2. The normalized spacial score (nSPS) is 22.1. The summed E-state index contributed by atoms with van der Waals surface area (Å²) in [6.45, 7) is 4.50. The van der Waals surface area contributed by atoms with Crippen molar-refractivity contribution in [2.24, 2.45) is 0 Å². The number of para-hydroxylation sites is 1. The van der Waals surface area contributed by atoms with E-state index in [-0.39, 0.29) is 17.9 Å². The molecule has 0 radical (unpaired) electrons. The van der Waals surface area contributed by atoms with Crippen LogP contribution in [0, 0.1) is 0 Å². The Morgan fingerprint density at radius 3 is 2.97 bits per heavy atom. The van der Waals surface area contributed by atoms with Gasteiger partial charge in [-0.1, -0.05) is 36.4 Å². The molecule has 6 nitrogen and oxygen atoms in total. The van der Waals surface area contributed by atoms with Crippen LogP contribution in [0.4, 0.5) is 5.69 Å². The first-order chi connectivity index (χ1) is 15.2. The standard InChI is InChI=1S/C25H26N2O4/c1-2-30-25(29)21-8-5-12-27(21)13-11-16-9-10-18-17(14-16)15-31-23(18)22-19-6-3-4-7-20(19)26-24(22)28/h3-4,6-7,9-10,14,21H,2,5,8,11-13,15H2,1H3,(H,26,28)/b23-22+/t21-/m0/s1. The van der Waals surface area contributed by atoms with Crippen LogP contribution in [0.15, 0.2) is 42.5 Å². The predicted molar refractivity (Wildman–Crippen MR) is 118 cm³/mol. The maximum absolute atomic E-state index is 12.6. The highest BCUT2D eigenvalue weighted by Crippen LogP contribution is 2.41. The molecule has 1 saturated heterocycles. The first-order valence-electron chi connectivity index (χ1n) is 11.0. The molecular weight excluding hydrogens is 392 g/mol. The van der Waals surface area contributed by atoms with Gasteiger partial charge in [-0.3, -0.25) is 14.5 Å². The first kappa shape index (κ1) is 19.8. The second-order valence-corrected chi connectivity index (χ2v) is 8.18. The van der Waals surface area contributed by atoms with E-state index < -0.39 is 0 Å². The van der Waals surface area contributed by atoms with Gasteiger partial charge in [0.1, 0.15) is 18.4 Å². The Kier molecular flexibility index (Phi) is 5.24. The maximum atomic E-state index is 12.6. The van der Waals surface area contributed by atoms with E-state index in [1.807, 2.05) is 31.2 Å². The molecule has 160 valence electrons. The number of rotatable bonds is 5. The zero-order valence-corrected chi connectivity index (χ0v) is 17.6. The van der Waals surface area contributed by atoms with Gasteiger partial charge in [0.15, 0.2) is 0 Å². The molecule has 6 heteroatoms. The van der Waals surface area contributed by atoms with Crippen molar-refractivity contribution in [3.8, 4) is 0 Å². The quantitative estimate of drug-likeness (QED) is 0.594. The van der Waals surface area contributed by atoms with Gasteiger partial charge in [-0.15, -0.1) is 0 Å². The second-order valence-electron chi connectivity index (χ2n) is 8.18. The third-order valence-corrected chi connectivity index (χ3v) is 6.30. The lowest BCUT2D eigenvalue weighted by Crippen LogP contribution is -2.38. The molecule has 5 rings (SSSR count). The minimum absolute atomic E-state index is 0.103. The monoisotopic (exact) mass is 418 g/mol. The van der Waals surface area contributed by atoms with E-state index in [9.17, 15) is 9.59 Å². The number of esters is 1. The molecule has 3 aliphatic rings. The summed E-state index contributed by atoms with van der Waals surface area (Å²) in [7, 11) is 0. The van der Waals surface area contributed by atoms with Crippen molar-refractivity contribution in [1.29, 1.82) is 0 Å². The van der Waals surface area contributed by atoms with E-state index in [4.69, 9.17) is 9.47 Å². The largest absolute Gasteiger partial charge is 0.487 e. The number of likely N-dealkylation sites (tertiary alicyclic amines) is 1. The summed E-state index contributed by atoms with van der Waals surface area (Å²) in [5.41, 5.74) is 5.61. The zero-order valence-electron chi connectivity index (χ0n) is 17.6. The molecule has 0 spiro atoms. The summed E-state index contributed by atoms with van der Waals surface area (Å²) in [4.78, 5) is 27.0. The van der Waals surface area contributed by atoms with Crippen LogP contribution in [0.5, 0.6) is 0 Å². The summed E-state index contributed by atoms with van der Waals surface area (Å²) in [5, 5.41) is 2.92. The van der Waals surface area contributed by atoms with Gasteiger partial charge in [0.05, 0.1) is 12.2 Å². The molecule has 1 atom stereocenters. The van der Waals surface area contributed by atoms with Crippen molar-refractivity contribution >= 4 is 28.9 Å². The van der Waals surface area contributed by atoms with E-state index in [1.54, 1.807) is 0 Å². The van der Waals surface area contributed by atoms with Crippen molar-refractivity contribution in [2.75, 3.05) is 25.0 Å². The molecule has 0 aliphatic carbocycles. The van der Waals surface area contributed by atoms with Crippen molar-refractivity contribution in [3.63, 3.8) is 0 Å². The van der Waals surface area contributed by atoms with Crippen molar-refractivity contribution < 1.29 is 19.1 Å². The number of benzene rings is 2. The average molecular weight is 418 g/mol. The highest BCUT2D eigenvalue weighted by Gasteiger charge is 2.33. The molecule has 0 saturated carbocycles. The average Bonchev–Trinajstić information content (AvgIpc) is 3.48. The summed E-state index contributed by atoms with van der Waals surface area (Å²) in [6, 6.07) is 13.9. The number of anilines is 1. The number of fused-ring (bicyclic) bond motifs is 2. The van der Waals surface area contributed by atoms with Crippen molar-refractivity contribution in [3.05, 3.63) is 64.7 Å². The lowest BCUT2D eigenvalue weighted by atomic mass is 9.98. The summed E-state index contributed by atoms with van der Waals surface area (Å²) in [5.74, 6) is 0.437. The highest BCUT2D eigenvalue weighted by atomic mass is 16.5. The zero-order chi connectivity index (χ0) is 21.4. The SMILES string of the molecule is CCOC(=O)[C@@H]1CCCN1CCc1ccc2c(c1)CO/C2=C1/C(=O)Nc2ccccc21. The van der Waals surface area contributed by atoms with Crippen LogP contribution >= 0.6 is 0 Å². The number of ether oxygens (including phenoxy) is 2. The van der Waals surface area contributed by atoms with E-state index >= 15 is 0 Å². The molecular formula is C25H26N2O4. The van der Waals surface area contributed by atoms with Crippen LogP contribution in [0.2, 0.25) is 0 Å². The van der Waals surface area contributed by atoms with Crippen LogP contribution in [-0.4, -0.2) is 42.5 Å². The van der Waals surface area contributed by atoms with Gasteiger partial charge >= 0.3 is 5.97 Å². The van der Waals surface area contributed by atoms with Crippen LogP contribution in [-0.2, 0) is 32.1 Å². The Hall–Kier alpha value is -3.12. The number of hydrogen-bond acceptors (Lipinski definition) is 5. The lowest BCUT2D eigenvalue weighted by molar-refractivity contribution is -0.148. The van der Waals surface area contributed by atoms with E-state index in [0.717, 1.165) is 54.7 Å². The van der Waals surface area contributed by atoms with Gasteiger partial charge < -0.3 is 14.8 Å². The summed E-state index contributed by atoms with van der Waals surface area (Å²) in [6.07, 6.45) is 2.76. The fraction of sp³-hybridized carbons (Fsp3) is 0.360. The van der Waals surface area contributed by atoms with Crippen molar-refractivity contribution in [1.82, 2.24) is 4.90 Å². The molecule has 0 unspecified atom stereocenters. The van der Waals surface area contributed by atoms with E-state index in [2.05, 4.69) is 28.4 Å². The van der Waals surface area contributed by atoms with Gasteiger partial charge in [0.25, 0.3) is 5.91 Å². The third-order valence-electron chi connectivity index (χ3n) is 6.30. The molecule has 2 aromatic carbocycles. The third kappa shape index (κ3) is 3.61. The Morgan fingerprint density at radius 2 is 2.10 bits per heavy atom. The minimum Gasteiger partial charge on any atom is -0.487 e. The maximum Gasteiger partial charge on any atom is 0.323 e. The Balaban J connectivity index is 1.34. The van der Waals surface area contributed by atoms with E-state index in [0.29, 0.717) is 24.5 Å². The van der Waals surface area contributed by atoms with Gasteiger partial charge in [0.2, 0.25) is 0 Å².